The number of anilines is 1. The molecule has 0 amide bonds. The minimum atomic E-state index is -3.72. The van der Waals surface area contributed by atoms with Gasteiger partial charge in [-0.1, -0.05) is 26.0 Å². The lowest BCUT2D eigenvalue weighted by atomic mass is 9.94. The highest BCUT2D eigenvalue weighted by molar-refractivity contribution is 7.89. The maximum Gasteiger partial charge on any atom is 0.243 e. The highest BCUT2D eigenvalue weighted by atomic mass is 35.5. The molecule has 1 aliphatic rings. The van der Waals surface area contributed by atoms with Crippen LogP contribution < -0.4 is 9.64 Å². The summed E-state index contributed by atoms with van der Waals surface area (Å²) < 4.78 is 33.0. The molecule has 0 bridgehead atoms. The van der Waals surface area contributed by atoms with E-state index in [0.717, 1.165) is 37.7 Å². The summed E-state index contributed by atoms with van der Waals surface area (Å²) in [6.45, 7) is 15.8. The second-order valence-corrected chi connectivity index (χ2v) is 12.9. The van der Waals surface area contributed by atoms with Crippen LogP contribution in [0.25, 0.3) is 0 Å². The fourth-order valence-corrected chi connectivity index (χ4v) is 7.27. The van der Waals surface area contributed by atoms with Crippen LogP contribution in [0.2, 0.25) is 0 Å². The van der Waals surface area contributed by atoms with E-state index in [2.05, 4.69) is 42.7 Å². The Bertz CT molecular complexity index is 1220. The molecule has 1 fully saturated rings. The van der Waals surface area contributed by atoms with Crippen molar-refractivity contribution in [2.45, 2.75) is 65.2 Å². The molecule has 2 aromatic rings. The third-order valence-electron chi connectivity index (χ3n) is 8.07. The Morgan fingerprint density at radius 1 is 1.00 bits per heavy atom. The topological polar surface area (TPSA) is 70.2 Å². The lowest BCUT2D eigenvalue weighted by Crippen LogP contribution is -2.39. The van der Waals surface area contributed by atoms with Crippen molar-refractivity contribution in [1.29, 1.82) is 0 Å². The van der Waals surface area contributed by atoms with E-state index in [0.29, 0.717) is 23.3 Å². The van der Waals surface area contributed by atoms with E-state index < -0.39 is 10.0 Å². The molecule has 0 atom stereocenters. The number of halogens is 1. The van der Waals surface area contributed by atoms with Crippen LogP contribution in [0.15, 0.2) is 35.2 Å². The van der Waals surface area contributed by atoms with Crippen molar-refractivity contribution in [3.63, 3.8) is 0 Å². The van der Waals surface area contributed by atoms with Gasteiger partial charge in [-0.05, 0) is 93.1 Å². The van der Waals surface area contributed by atoms with Gasteiger partial charge >= 0.3 is 0 Å². The largest absolute Gasteiger partial charge is 0.497 e. The smallest absolute Gasteiger partial charge is 0.243 e. The molecule has 7 nitrogen and oxygen atoms in total. The van der Waals surface area contributed by atoms with E-state index in [1.54, 1.807) is 33.1 Å². The van der Waals surface area contributed by atoms with Crippen molar-refractivity contribution < 1.29 is 17.9 Å². The maximum absolute atomic E-state index is 13.2. The first-order valence-corrected chi connectivity index (χ1v) is 15.6. The van der Waals surface area contributed by atoms with Crippen LogP contribution in [0.3, 0.4) is 0 Å². The highest BCUT2D eigenvalue weighted by Crippen LogP contribution is 2.29. The van der Waals surface area contributed by atoms with Crippen LogP contribution in [0, 0.1) is 26.7 Å². The zero-order chi connectivity index (χ0) is 28.7. The van der Waals surface area contributed by atoms with Crippen LogP contribution in [-0.2, 0) is 21.2 Å². The van der Waals surface area contributed by atoms with Crippen molar-refractivity contribution in [1.82, 2.24) is 9.21 Å². The molecule has 1 heterocycles. The van der Waals surface area contributed by atoms with Crippen LogP contribution >= 0.6 is 12.4 Å². The Hall–Kier alpha value is -2.13. The number of methoxy groups -OCH3 is 1. The van der Waals surface area contributed by atoms with Crippen molar-refractivity contribution in [3.05, 3.63) is 52.6 Å². The van der Waals surface area contributed by atoms with Crippen LogP contribution in [-0.4, -0.2) is 76.8 Å². The van der Waals surface area contributed by atoms with Gasteiger partial charge in [0.1, 0.15) is 11.5 Å². The third kappa shape index (κ3) is 8.44. The Labute approximate surface area is 248 Å². The van der Waals surface area contributed by atoms with Crippen molar-refractivity contribution >= 4 is 33.9 Å². The fourth-order valence-electron chi connectivity index (χ4n) is 5.70. The summed E-state index contributed by atoms with van der Waals surface area (Å²) in [7, 11) is -0.616. The lowest BCUT2D eigenvalue weighted by molar-refractivity contribution is -0.118. The minimum absolute atomic E-state index is 0. The molecule has 0 unspecified atom stereocenters. The predicted molar refractivity (Wildman–Crippen MR) is 167 cm³/mol. The van der Waals surface area contributed by atoms with Crippen molar-refractivity contribution in [2.24, 2.45) is 5.92 Å². The standard InChI is InChI=1S/C31H47N3O4S.ClH/c1-8-33(9-2)22-26-12-16-34(17-13-26)30-11-10-27(18-23(30)3)21-28(35)14-15-32(6)39(36,37)31-24(4)19-29(38-7)20-25(31)5;/h10-11,18-20,26H,8-9,12-17,21-22H2,1-7H3;1H. The summed E-state index contributed by atoms with van der Waals surface area (Å²) in [5.41, 5.74) is 4.68. The molecule has 9 heteroatoms. The second kappa shape index (κ2) is 15.2. The summed E-state index contributed by atoms with van der Waals surface area (Å²) in [4.78, 5) is 18.1. The molecule has 0 saturated carbocycles. The SMILES string of the molecule is CCN(CC)CC1CCN(c2ccc(CC(=O)CCN(C)S(=O)(=O)c3c(C)cc(OC)cc3C)cc2C)CC1.Cl. The van der Waals surface area contributed by atoms with E-state index >= 15 is 0 Å². The Morgan fingerprint density at radius 2 is 1.60 bits per heavy atom. The first kappa shape index (κ1) is 34.1. The van der Waals surface area contributed by atoms with Gasteiger partial charge in [-0.2, -0.15) is 0 Å². The summed E-state index contributed by atoms with van der Waals surface area (Å²) in [5.74, 6) is 1.42. The number of benzene rings is 2. The molecule has 224 valence electrons. The first-order valence-electron chi connectivity index (χ1n) is 14.2. The van der Waals surface area contributed by atoms with Gasteiger partial charge in [-0.3, -0.25) is 4.79 Å². The van der Waals surface area contributed by atoms with Gasteiger partial charge < -0.3 is 14.5 Å². The number of carbonyl (C=O) groups is 1. The number of rotatable bonds is 13. The highest BCUT2D eigenvalue weighted by Gasteiger charge is 2.26. The zero-order valence-electron chi connectivity index (χ0n) is 25.3. The maximum atomic E-state index is 13.2. The molecule has 0 aromatic heterocycles. The van der Waals surface area contributed by atoms with Gasteiger partial charge in [0, 0.05) is 51.8 Å². The molecular weight excluding hydrogens is 546 g/mol. The molecule has 0 N–H and O–H groups in total. The Kier molecular flexibility index (Phi) is 12.9. The number of nitrogens with zero attached hydrogens (tertiary/aromatic N) is 3. The molecule has 1 saturated heterocycles. The van der Waals surface area contributed by atoms with Crippen molar-refractivity contribution in [2.75, 3.05) is 58.3 Å². The minimum Gasteiger partial charge on any atom is -0.497 e. The molecule has 0 radical (unpaired) electrons. The number of carbonyl (C=O) groups excluding carboxylic acids is 1. The normalized spacial score (nSPS) is 14.5. The molecule has 0 aliphatic carbocycles. The molecule has 0 spiro atoms. The number of aryl methyl sites for hydroxylation is 3. The first-order chi connectivity index (χ1) is 18.5. The van der Waals surface area contributed by atoms with Gasteiger partial charge in [-0.25, -0.2) is 12.7 Å². The van der Waals surface area contributed by atoms with Crippen molar-refractivity contribution in [3.8, 4) is 5.75 Å². The average molecular weight is 594 g/mol. The summed E-state index contributed by atoms with van der Waals surface area (Å²) >= 11 is 0. The van der Waals surface area contributed by atoms with E-state index in [-0.39, 0.29) is 36.1 Å². The number of ketones is 1. The predicted octanol–water partition coefficient (Wildman–Crippen LogP) is 5.42. The van der Waals surface area contributed by atoms with Crippen LogP contribution in [0.5, 0.6) is 5.75 Å². The summed E-state index contributed by atoms with van der Waals surface area (Å²) in [6, 6.07) is 9.75. The van der Waals surface area contributed by atoms with E-state index in [9.17, 15) is 13.2 Å². The van der Waals surface area contributed by atoms with Gasteiger partial charge in [0.2, 0.25) is 10.0 Å². The zero-order valence-corrected chi connectivity index (χ0v) is 27.0. The average Bonchev–Trinajstić information content (AvgIpc) is 2.90. The van der Waals surface area contributed by atoms with Crippen LogP contribution in [0.1, 0.15) is 55.4 Å². The molecular formula is C31H48ClN3O4S. The quantitative estimate of drug-likeness (QED) is 0.309. The number of hydrogen-bond donors (Lipinski definition) is 0. The van der Waals surface area contributed by atoms with E-state index in [1.165, 1.54) is 42.0 Å². The number of sulfonamides is 1. The second-order valence-electron chi connectivity index (χ2n) is 10.9. The van der Waals surface area contributed by atoms with Gasteiger partial charge in [0.05, 0.1) is 12.0 Å². The molecule has 3 rings (SSSR count). The number of piperidine rings is 1. The number of ether oxygens (including phenoxy) is 1. The summed E-state index contributed by atoms with van der Waals surface area (Å²) in [5, 5.41) is 0. The van der Waals surface area contributed by atoms with Gasteiger partial charge in [0.15, 0.2) is 0 Å². The lowest BCUT2D eigenvalue weighted by Gasteiger charge is -2.36. The number of Topliss-reactive ketones (excluding diaryl/α,β-unsaturated/α-hetero) is 1. The van der Waals surface area contributed by atoms with E-state index in [4.69, 9.17) is 4.74 Å². The van der Waals surface area contributed by atoms with Gasteiger partial charge in [0.25, 0.3) is 0 Å². The summed E-state index contributed by atoms with van der Waals surface area (Å²) in [6.07, 6.45) is 2.90. The molecule has 40 heavy (non-hydrogen) atoms. The van der Waals surface area contributed by atoms with Crippen LogP contribution in [0.4, 0.5) is 5.69 Å². The van der Waals surface area contributed by atoms with Gasteiger partial charge in [-0.15, -0.1) is 12.4 Å². The number of hydrogen-bond acceptors (Lipinski definition) is 6. The third-order valence-corrected chi connectivity index (χ3v) is 10.2. The molecule has 2 aromatic carbocycles. The Morgan fingerprint density at radius 3 is 2.12 bits per heavy atom. The molecule has 1 aliphatic heterocycles. The fraction of sp³-hybridized carbons (Fsp3) is 0.581. The van der Waals surface area contributed by atoms with E-state index in [1.807, 2.05) is 6.07 Å². The monoisotopic (exact) mass is 593 g/mol. The Balaban J connectivity index is 0.00000560.